The SMILES string of the molecule is CCC(NC)c1cnn(C2CCOC3(CCCCC3)C2)c1. The summed E-state index contributed by atoms with van der Waals surface area (Å²) in [6, 6.07) is 0.933. The van der Waals surface area contributed by atoms with E-state index in [4.69, 9.17) is 4.74 Å². The Morgan fingerprint density at radius 2 is 2.24 bits per heavy atom. The summed E-state index contributed by atoms with van der Waals surface area (Å²) in [7, 11) is 2.02. The number of aromatic nitrogens is 2. The van der Waals surface area contributed by atoms with E-state index in [-0.39, 0.29) is 5.60 Å². The van der Waals surface area contributed by atoms with Crippen LogP contribution in [0.4, 0.5) is 0 Å². The van der Waals surface area contributed by atoms with Gasteiger partial charge in [0.25, 0.3) is 0 Å². The second-order valence-corrected chi connectivity index (χ2v) is 6.74. The summed E-state index contributed by atoms with van der Waals surface area (Å²) in [6.45, 7) is 3.10. The van der Waals surface area contributed by atoms with Crippen molar-refractivity contribution in [1.82, 2.24) is 15.1 Å². The third-order valence-electron chi connectivity index (χ3n) is 5.39. The molecule has 21 heavy (non-hydrogen) atoms. The zero-order chi connectivity index (χ0) is 14.7. The number of nitrogens with zero attached hydrogens (tertiary/aromatic N) is 2. The lowest BCUT2D eigenvalue weighted by atomic mass is 9.78. The molecule has 2 fully saturated rings. The van der Waals surface area contributed by atoms with E-state index >= 15 is 0 Å². The van der Waals surface area contributed by atoms with Gasteiger partial charge in [0, 0.05) is 24.4 Å². The van der Waals surface area contributed by atoms with Gasteiger partial charge in [0.2, 0.25) is 0 Å². The molecule has 2 unspecified atom stereocenters. The molecule has 118 valence electrons. The minimum Gasteiger partial charge on any atom is -0.375 e. The third-order valence-corrected chi connectivity index (χ3v) is 5.39. The van der Waals surface area contributed by atoms with Gasteiger partial charge >= 0.3 is 0 Å². The summed E-state index contributed by atoms with van der Waals surface area (Å²) in [6.07, 6.45) is 14.1. The van der Waals surface area contributed by atoms with Crippen LogP contribution in [0.1, 0.15) is 75.9 Å². The second-order valence-electron chi connectivity index (χ2n) is 6.74. The summed E-state index contributed by atoms with van der Waals surface area (Å²) in [5.74, 6) is 0. The van der Waals surface area contributed by atoms with Crippen LogP contribution in [0.3, 0.4) is 0 Å². The summed E-state index contributed by atoms with van der Waals surface area (Å²) in [5, 5.41) is 8.02. The molecular formula is C17H29N3O. The first kappa shape index (κ1) is 15.0. The van der Waals surface area contributed by atoms with Crippen LogP contribution in [0.2, 0.25) is 0 Å². The van der Waals surface area contributed by atoms with Crippen LogP contribution in [-0.2, 0) is 4.74 Å². The first-order valence-electron chi connectivity index (χ1n) is 8.61. The van der Waals surface area contributed by atoms with E-state index in [0.717, 1.165) is 25.9 Å². The molecule has 1 aromatic rings. The molecular weight excluding hydrogens is 262 g/mol. The number of hydrogen-bond donors (Lipinski definition) is 1. The lowest BCUT2D eigenvalue weighted by molar-refractivity contribution is -0.115. The van der Waals surface area contributed by atoms with Crippen LogP contribution in [-0.4, -0.2) is 29.0 Å². The molecule has 0 bridgehead atoms. The molecule has 1 aliphatic heterocycles. The lowest BCUT2D eigenvalue weighted by Crippen LogP contribution is -2.42. The third kappa shape index (κ3) is 3.16. The topological polar surface area (TPSA) is 39.1 Å². The van der Waals surface area contributed by atoms with Crippen molar-refractivity contribution in [3.8, 4) is 0 Å². The van der Waals surface area contributed by atoms with E-state index in [1.807, 2.05) is 13.2 Å². The predicted octanol–water partition coefficient (Wildman–Crippen LogP) is 3.61. The van der Waals surface area contributed by atoms with Gasteiger partial charge in [-0.15, -0.1) is 0 Å². The molecule has 1 N–H and O–H groups in total. The summed E-state index contributed by atoms with van der Waals surface area (Å²) in [4.78, 5) is 0. The molecule has 1 aliphatic carbocycles. The fourth-order valence-corrected chi connectivity index (χ4v) is 4.11. The van der Waals surface area contributed by atoms with Crippen molar-refractivity contribution in [3.05, 3.63) is 18.0 Å². The zero-order valence-corrected chi connectivity index (χ0v) is 13.5. The molecule has 3 rings (SSSR count). The first-order chi connectivity index (χ1) is 10.3. The van der Waals surface area contributed by atoms with Crippen LogP contribution in [0.5, 0.6) is 0 Å². The zero-order valence-electron chi connectivity index (χ0n) is 13.5. The molecule has 4 nitrogen and oxygen atoms in total. The van der Waals surface area contributed by atoms with Crippen molar-refractivity contribution >= 4 is 0 Å². The highest BCUT2D eigenvalue weighted by Gasteiger charge is 2.39. The maximum atomic E-state index is 6.20. The number of ether oxygens (including phenoxy) is 1. The molecule has 1 aromatic heterocycles. The molecule has 0 aromatic carbocycles. The minimum absolute atomic E-state index is 0.153. The number of nitrogens with one attached hydrogen (secondary N) is 1. The molecule has 1 spiro atoms. The van der Waals surface area contributed by atoms with E-state index in [2.05, 4.69) is 28.2 Å². The fourth-order valence-electron chi connectivity index (χ4n) is 4.11. The number of hydrogen-bond acceptors (Lipinski definition) is 3. The van der Waals surface area contributed by atoms with Gasteiger partial charge in [-0.25, -0.2) is 0 Å². The molecule has 1 saturated heterocycles. The minimum atomic E-state index is 0.153. The Bertz CT molecular complexity index is 441. The monoisotopic (exact) mass is 291 g/mol. The summed E-state index contributed by atoms with van der Waals surface area (Å²) >= 11 is 0. The lowest BCUT2D eigenvalue weighted by Gasteiger charge is -2.43. The van der Waals surface area contributed by atoms with E-state index in [0.29, 0.717) is 12.1 Å². The first-order valence-corrected chi connectivity index (χ1v) is 8.61. The second kappa shape index (κ2) is 6.49. The molecule has 2 heterocycles. The van der Waals surface area contributed by atoms with Crippen molar-refractivity contribution in [2.45, 2.75) is 76.0 Å². The Labute approximate surface area is 128 Å². The van der Waals surface area contributed by atoms with Crippen molar-refractivity contribution in [3.63, 3.8) is 0 Å². The Hall–Kier alpha value is -0.870. The molecule has 2 aliphatic rings. The molecule has 4 heteroatoms. The largest absolute Gasteiger partial charge is 0.375 e. The Morgan fingerprint density at radius 1 is 1.43 bits per heavy atom. The van der Waals surface area contributed by atoms with Crippen LogP contribution < -0.4 is 5.32 Å². The summed E-state index contributed by atoms with van der Waals surface area (Å²) < 4.78 is 8.40. The fraction of sp³-hybridized carbons (Fsp3) is 0.824. The van der Waals surface area contributed by atoms with Crippen molar-refractivity contribution in [1.29, 1.82) is 0 Å². The van der Waals surface area contributed by atoms with Crippen molar-refractivity contribution in [2.75, 3.05) is 13.7 Å². The normalized spacial score (nSPS) is 26.9. The number of rotatable bonds is 4. The Kier molecular flexibility index (Phi) is 4.65. The van der Waals surface area contributed by atoms with Crippen LogP contribution >= 0.6 is 0 Å². The Balaban J connectivity index is 1.71. The van der Waals surface area contributed by atoms with Gasteiger partial charge in [-0.05, 0) is 39.2 Å². The highest BCUT2D eigenvalue weighted by atomic mass is 16.5. The average molecular weight is 291 g/mol. The van der Waals surface area contributed by atoms with Gasteiger partial charge < -0.3 is 10.1 Å². The van der Waals surface area contributed by atoms with Gasteiger partial charge in [0.05, 0.1) is 17.8 Å². The van der Waals surface area contributed by atoms with Crippen LogP contribution in [0, 0.1) is 0 Å². The molecule has 1 saturated carbocycles. The Morgan fingerprint density at radius 3 is 2.95 bits per heavy atom. The standard InChI is InChI=1S/C17H29N3O/c1-3-16(18-2)14-12-19-20(13-14)15-7-10-21-17(11-15)8-5-4-6-9-17/h12-13,15-16,18H,3-11H2,1-2H3. The average Bonchev–Trinajstić information content (AvgIpc) is 2.99. The molecule has 2 atom stereocenters. The van der Waals surface area contributed by atoms with E-state index in [9.17, 15) is 0 Å². The van der Waals surface area contributed by atoms with Gasteiger partial charge in [-0.2, -0.15) is 5.10 Å². The van der Waals surface area contributed by atoms with Gasteiger partial charge in [0.1, 0.15) is 0 Å². The maximum Gasteiger partial charge on any atom is 0.0703 e. The smallest absolute Gasteiger partial charge is 0.0703 e. The summed E-state index contributed by atoms with van der Waals surface area (Å²) in [5.41, 5.74) is 1.46. The van der Waals surface area contributed by atoms with Crippen molar-refractivity contribution < 1.29 is 4.74 Å². The van der Waals surface area contributed by atoms with Gasteiger partial charge in [0.15, 0.2) is 0 Å². The van der Waals surface area contributed by atoms with E-state index in [1.165, 1.54) is 37.7 Å². The quantitative estimate of drug-likeness (QED) is 0.921. The highest BCUT2D eigenvalue weighted by molar-refractivity contribution is 5.11. The van der Waals surface area contributed by atoms with Gasteiger partial charge in [-0.1, -0.05) is 26.2 Å². The van der Waals surface area contributed by atoms with E-state index < -0.39 is 0 Å². The molecule has 0 radical (unpaired) electrons. The predicted molar refractivity (Wildman–Crippen MR) is 84.4 cm³/mol. The van der Waals surface area contributed by atoms with Crippen LogP contribution in [0.25, 0.3) is 0 Å². The molecule has 0 amide bonds. The maximum absolute atomic E-state index is 6.20. The van der Waals surface area contributed by atoms with Crippen LogP contribution in [0.15, 0.2) is 12.4 Å². The van der Waals surface area contributed by atoms with Crippen molar-refractivity contribution in [2.24, 2.45) is 0 Å². The van der Waals surface area contributed by atoms with E-state index in [1.54, 1.807) is 0 Å². The highest BCUT2D eigenvalue weighted by Crippen LogP contribution is 2.42. The van der Waals surface area contributed by atoms with Gasteiger partial charge in [-0.3, -0.25) is 4.68 Å².